The minimum atomic E-state index is -3.67. The number of benzene rings is 2. The molecule has 6 rings (SSSR count). The van der Waals surface area contributed by atoms with E-state index >= 15 is 0 Å². The third kappa shape index (κ3) is 4.06. The molecule has 2 heterocycles. The number of hydrogen-bond acceptors (Lipinski definition) is 4. The van der Waals surface area contributed by atoms with Crippen LogP contribution in [0, 0.1) is 11.8 Å². The van der Waals surface area contributed by atoms with Gasteiger partial charge >= 0.3 is 0 Å². The van der Waals surface area contributed by atoms with E-state index < -0.39 is 10.0 Å². The second-order valence-electron chi connectivity index (χ2n) is 10.4. The topological polar surface area (TPSA) is 67.4 Å². The number of sulfonamides is 1. The SMILES string of the molecule is O=S(=O)(Nc1ccc2c(c1)CCCC2)c1ccc2c(c1)C1OCCC1[C@H](C1CCCCC1)N2. The first-order valence-corrected chi connectivity index (χ1v) is 14.2. The van der Waals surface area contributed by atoms with Crippen LogP contribution in [0.4, 0.5) is 11.4 Å². The maximum Gasteiger partial charge on any atom is 0.261 e. The van der Waals surface area contributed by atoms with Gasteiger partial charge in [0.25, 0.3) is 10.0 Å². The lowest BCUT2D eigenvalue weighted by atomic mass is 9.73. The maximum absolute atomic E-state index is 13.3. The highest BCUT2D eigenvalue weighted by molar-refractivity contribution is 7.92. The van der Waals surface area contributed by atoms with Gasteiger partial charge in [0.2, 0.25) is 0 Å². The largest absolute Gasteiger partial charge is 0.381 e. The van der Waals surface area contributed by atoms with Crippen molar-refractivity contribution in [1.29, 1.82) is 0 Å². The van der Waals surface area contributed by atoms with Gasteiger partial charge in [-0.1, -0.05) is 25.3 Å². The molecule has 0 radical (unpaired) electrons. The van der Waals surface area contributed by atoms with Crippen molar-refractivity contribution in [2.45, 2.75) is 81.2 Å². The lowest BCUT2D eigenvalue weighted by Gasteiger charge is -2.42. The molecule has 176 valence electrons. The molecule has 2 aromatic rings. The first-order valence-electron chi connectivity index (χ1n) is 12.8. The Labute approximate surface area is 197 Å². The summed E-state index contributed by atoms with van der Waals surface area (Å²) in [5, 5.41) is 3.81. The minimum Gasteiger partial charge on any atom is -0.381 e. The molecule has 2 aliphatic heterocycles. The summed E-state index contributed by atoms with van der Waals surface area (Å²) in [6.45, 7) is 0.754. The van der Waals surface area contributed by atoms with Crippen molar-refractivity contribution in [2.24, 2.45) is 11.8 Å². The summed E-state index contributed by atoms with van der Waals surface area (Å²) in [6.07, 6.45) is 12.1. The fourth-order valence-corrected chi connectivity index (χ4v) is 7.71. The molecular weight excluding hydrogens is 432 g/mol. The Balaban J connectivity index is 1.27. The lowest BCUT2D eigenvalue weighted by Crippen LogP contribution is -2.42. The second kappa shape index (κ2) is 8.62. The summed E-state index contributed by atoms with van der Waals surface area (Å²) in [4.78, 5) is 0.311. The second-order valence-corrected chi connectivity index (χ2v) is 12.0. The third-order valence-electron chi connectivity index (χ3n) is 8.32. The summed E-state index contributed by atoms with van der Waals surface area (Å²) in [6, 6.07) is 11.9. The van der Waals surface area contributed by atoms with Gasteiger partial charge in [-0.05, 0) is 92.3 Å². The van der Waals surface area contributed by atoms with E-state index in [0.29, 0.717) is 28.5 Å². The van der Waals surface area contributed by atoms with E-state index in [4.69, 9.17) is 4.74 Å². The van der Waals surface area contributed by atoms with E-state index in [1.165, 1.54) is 56.1 Å². The monoisotopic (exact) mass is 466 g/mol. The number of anilines is 2. The highest BCUT2D eigenvalue weighted by Gasteiger charge is 2.44. The van der Waals surface area contributed by atoms with Crippen LogP contribution >= 0.6 is 0 Å². The zero-order valence-electron chi connectivity index (χ0n) is 19.2. The molecule has 6 heteroatoms. The third-order valence-corrected chi connectivity index (χ3v) is 9.70. The summed E-state index contributed by atoms with van der Waals surface area (Å²) in [5.41, 5.74) is 5.31. The van der Waals surface area contributed by atoms with Crippen molar-refractivity contribution in [3.8, 4) is 0 Å². The predicted molar refractivity (Wildman–Crippen MR) is 131 cm³/mol. The van der Waals surface area contributed by atoms with Crippen molar-refractivity contribution < 1.29 is 13.2 Å². The Morgan fingerprint density at radius 2 is 1.70 bits per heavy atom. The Hall–Kier alpha value is -2.05. The average molecular weight is 467 g/mol. The predicted octanol–water partition coefficient (Wildman–Crippen LogP) is 5.82. The minimum absolute atomic E-state index is 0.00734. The molecule has 0 spiro atoms. The highest BCUT2D eigenvalue weighted by Crippen LogP contribution is 2.48. The maximum atomic E-state index is 13.3. The number of nitrogens with one attached hydrogen (secondary N) is 2. The van der Waals surface area contributed by atoms with E-state index in [0.717, 1.165) is 37.1 Å². The van der Waals surface area contributed by atoms with Crippen molar-refractivity contribution in [3.63, 3.8) is 0 Å². The molecule has 4 aliphatic rings. The van der Waals surface area contributed by atoms with Gasteiger partial charge in [-0.15, -0.1) is 0 Å². The van der Waals surface area contributed by atoms with E-state index in [1.807, 2.05) is 24.3 Å². The van der Waals surface area contributed by atoms with Gasteiger partial charge in [-0.3, -0.25) is 4.72 Å². The smallest absolute Gasteiger partial charge is 0.261 e. The number of fused-ring (bicyclic) bond motifs is 4. The first kappa shape index (κ1) is 21.5. The number of aryl methyl sites for hydroxylation is 2. The summed E-state index contributed by atoms with van der Waals surface area (Å²) in [7, 11) is -3.67. The molecule has 2 aliphatic carbocycles. The Kier molecular flexibility index (Phi) is 5.61. The quantitative estimate of drug-likeness (QED) is 0.596. The van der Waals surface area contributed by atoms with Crippen LogP contribution in [0.2, 0.25) is 0 Å². The molecule has 0 aromatic heterocycles. The normalized spacial score (nSPS) is 27.2. The van der Waals surface area contributed by atoms with Gasteiger partial charge in [-0.25, -0.2) is 8.42 Å². The molecule has 5 nitrogen and oxygen atoms in total. The standard InChI is InChI=1S/C27H34N2O3S/c30-33(31,29-21-11-10-18-6-4-5-9-20(18)16-21)22-12-13-25-24(17-22)27-23(14-15-32-27)26(28-25)19-7-2-1-3-8-19/h10-13,16-17,19,23,26-29H,1-9,14-15H2/t23?,26-,27?/m0/s1. The molecule has 0 amide bonds. The zero-order valence-corrected chi connectivity index (χ0v) is 20.0. The zero-order chi connectivity index (χ0) is 22.4. The molecule has 2 fully saturated rings. The van der Waals surface area contributed by atoms with E-state index in [9.17, 15) is 8.42 Å². The van der Waals surface area contributed by atoms with Gasteiger partial charge in [0.15, 0.2) is 0 Å². The van der Waals surface area contributed by atoms with Crippen molar-refractivity contribution in [3.05, 3.63) is 53.1 Å². The lowest BCUT2D eigenvalue weighted by molar-refractivity contribution is 0.0730. The van der Waals surface area contributed by atoms with Crippen molar-refractivity contribution in [2.75, 3.05) is 16.6 Å². The highest BCUT2D eigenvalue weighted by atomic mass is 32.2. The Morgan fingerprint density at radius 1 is 0.879 bits per heavy atom. The number of rotatable bonds is 4. The summed E-state index contributed by atoms with van der Waals surface area (Å²) >= 11 is 0. The van der Waals surface area contributed by atoms with Crippen LogP contribution in [-0.2, 0) is 27.6 Å². The van der Waals surface area contributed by atoms with E-state index in [2.05, 4.69) is 16.1 Å². The van der Waals surface area contributed by atoms with E-state index in [1.54, 1.807) is 6.07 Å². The molecule has 0 bridgehead atoms. The molecule has 3 atom stereocenters. The number of hydrogen-bond donors (Lipinski definition) is 2. The Morgan fingerprint density at radius 3 is 2.55 bits per heavy atom. The van der Waals surface area contributed by atoms with Crippen molar-refractivity contribution in [1.82, 2.24) is 0 Å². The molecule has 1 saturated heterocycles. The van der Waals surface area contributed by atoms with Gasteiger partial charge in [0, 0.05) is 35.5 Å². The molecule has 33 heavy (non-hydrogen) atoms. The fraction of sp³-hybridized carbons (Fsp3) is 0.556. The van der Waals surface area contributed by atoms with Crippen molar-refractivity contribution >= 4 is 21.4 Å². The van der Waals surface area contributed by atoms with Crippen LogP contribution in [0.3, 0.4) is 0 Å². The van der Waals surface area contributed by atoms with E-state index in [-0.39, 0.29) is 6.10 Å². The molecule has 2 unspecified atom stereocenters. The van der Waals surface area contributed by atoms with Crippen LogP contribution in [0.1, 0.15) is 74.2 Å². The Bertz CT molecular complexity index is 1140. The van der Waals surface area contributed by atoms with Gasteiger partial charge in [0.1, 0.15) is 0 Å². The summed E-state index contributed by atoms with van der Waals surface area (Å²) < 4.78 is 35.6. The van der Waals surface area contributed by atoms with Crippen LogP contribution in [0.25, 0.3) is 0 Å². The van der Waals surface area contributed by atoms with Crippen LogP contribution in [-0.4, -0.2) is 21.1 Å². The van der Waals surface area contributed by atoms with Crippen LogP contribution in [0.5, 0.6) is 0 Å². The molecular formula is C27H34N2O3S. The van der Waals surface area contributed by atoms with Gasteiger partial charge in [-0.2, -0.15) is 0 Å². The summed E-state index contributed by atoms with van der Waals surface area (Å²) in [5.74, 6) is 1.11. The average Bonchev–Trinajstić information content (AvgIpc) is 3.34. The molecule has 2 aromatic carbocycles. The number of ether oxygens (including phenoxy) is 1. The van der Waals surface area contributed by atoms with Crippen LogP contribution < -0.4 is 10.0 Å². The molecule has 2 N–H and O–H groups in total. The molecule has 1 saturated carbocycles. The van der Waals surface area contributed by atoms with Gasteiger partial charge < -0.3 is 10.1 Å². The van der Waals surface area contributed by atoms with Gasteiger partial charge in [0.05, 0.1) is 11.0 Å². The first-order chi connectivity index (χ1) is 16.1. The van der Waals surface area contributed by atoms with Crippen LogP contribution in [0.15, 0.2) is 41.3 Å². The fourth-order valence-electron chi connectivity index (χ4n) is 6.63.